The van der Waals surface area contributed by atoms with Crippen LogP contribution in [-0.4, -0.2) is 23.9 Å². The average Bonchev–Trinajstić information content (AvgIpc) is 3.57. The number of carbonyl (C=O) groups excluding carboxylic acids is 3. The fraction of sp³-hybridized carbons (Fsp3) is 0.133. The summed E-state index contributed by atoms with van der Waals surface area (Å²) in [6.45, 7) is 0. The largest absolute Gasteiger partial charge is 0.459 e. The van der Waals surface area contributed by atoms with Crippen molar-refractivity contribution in [2.45, 2.75) is 11.3 Å². The van der Waals surface area contributed by atoms with Gasteiger partial charge in [0.2, 0.25) is 11.8 Å². The van der Waals surface area contributed by atoms with E-state index < -0.39 is 23.2 Å². The molecule has 0 unspecified atom stereocenters. The fourth-order valence-corrected chi connectivity index (χ4v) is 6.81. The van der Waals surface area contributed by atoms with Crippen LogP contribution in [0.4, 0.5) is 5.69 Å². The van der Waals surface area contributed by atoms with E-state index in [0.29, 0.717) is 5.69 Å². The van der Waals surface area contributed by atoms with E-state index in [-0.39, 0.29) is 23.5 Å². The van der Waals surface area contributed by atoms with Crippen molar-refractivity contribution in [2.75, 3.05) is 4.90 Å². The SMILES string of the molecule is O=C(N/N=C\C12c3ccccc3C(c3ccccc31)[C@H]1C(=O)N(c3ccc(Br)cc3)C(=O)[C@H]12)c1ccco1. The molecule has 0 radical (unpaired) electrons. The van der Waals surface area contributed by atoms with Crippen LogP contribution in [0.15, 0.2) is 105 Å². The van der Waals surface area contributed by atoms with Gasteiger partial charge in [-0.3, -0.25) is 14.4 Å². The summed E-state index contributed by atoms with van der Waals surface area (Å²) in [5.41, 5.74) is 5.85. The fourth-order valence-electron chi connectivity index (χ4n) is 6.55. The Labute approximate surface area is 226 Å². The molecule has 3 aliphatic carbocycles. The van der Waals surface area contributed by atoms with Gasteiger partial charge in [0, 0.05) is 16.6 Å². The van der Waals surface area contributed by atoms with Crippen molar-refractivity contribution in [3.63, 3.8) is 0 Å². The molecule has 1 aliphatic heterocycles. The summed E-state index contributed by atoms with van der Waals surface area (Å²) in [5.74, 6) is -2.48. The van der Waals surface area contributed by atoms with Crippen molar-refractivity contribution in [1.29, 1.82) is 0 Å². The Morgan fingerprint density at radius 1 is 0.895 bits per heavy atom. The highest BCUT2D eigenvalue weighted by molar-refractivity contribution is 9.10. The molecule has 3 amide bonds. The maximum Gasteiger partial charge on any atom is 0.307 e. The lowest BCUT2D eigenvalue weighted by molar-refractivity contribution is -0.122. The Balaban J connectivity index is 1.43. The molecule has 8 rings (SSSR count). The van der Waals surface area contributed by atoms with Gasteiger partial charge in [0.25, 0.3) is 0 Å². The highest BCUT2D eigenvalue weighted by Crippen LogP contribution is 2.63. The molecule has 38 heavy (non-hydrogen) atoms. The van der Waals surface area contributed by atoms with Crippen molar-refractivity contribution >= 4 is 45.6 Å². The van der Waals surface area contributed by atoms with Gasteiger partial charge in [-0.2, -0.15) is 5.10 Å². The second-order valence-corrected chi connectivity index (χ2v) is 10.6. The number of halogens is 1. The molecule has 2 bridgehead atoms. The number of furan rings is 1. The van der Waals surface area contributed by atoms with E-state index in [2.05, 4.69) is 26.5 Å². The molecule has 3 aromatic carbocycles. The third-order valence-corrected chi connectivity index (χ3v) is 8.48. The summed E-state index contributed by atoms with van der Waals surface area (Å²) in [6, 6.07) is 26.1. The predicted molar refractivity (Wildman–Crippen MR) is 144 cm³/mol. The highest BCUT2D eigenvalue weighted by atomic mass is 79.9. The number of hydrogen-bond donors (Lipinski definition) is 1. The first-order chi connectivity index (χ1) is 18.5. The molecule has 1 N–H and O–H groups in total. The molecule has 1 saturated heterocycles. The molecule has 8 heteroatoms. The normalized spacial score (nSPS) is 24.9. The van der Waals surface area contributed by atoms with Crippen LogP contribution >= 0.6 is 15.9 Å². The maximum atomic E-state index is 14.3. The summed E-state index contributed by atoms with van der Waals surface area (Å²) in [6.07, 6.45) is 3.05. The predicted octanol–water partition coefficient (Wildman–Crippen LogP) is 5.01. The first-order valence-electron chi connectivity index (χ1n) is 12.2. The minimum atomic E-state index is -1.06. The molecule has 2 heterocycles. The van der Waals surface area contributed by atoms with Gasteiger partial charge in [0.1, 0.15) is 0 Å². The molecular weight excluding hydrogens is 546 g/mol. The Kier molecular flexibility index (Phi) is 5.03. The number of carbonyl (C=O) groups is 3. The number of nitrogens with one attached hydrogen (secondary N) is 1. The van der Waals surface area contributed by atoms with Crippen LogP contribution in [0.5, 0.6) is 0 Å². The molecule has 4 aliphatic rings. The smallest absolute Gasteiger partial charge is 0.307 e. The highest BCUT2D eigenvalue weighted by Gasteiger charge is 2.68. The minimum absolute atomic E-state index is 0.124. The number of nitrogens with zero attached hydrogens (tertiary/aromatic N) is 2. The number of anilines is 1. The van der Waals surface area contributed by atoms with Crippen LogP contribution in [-0.2, 0) is 15.0 Å². The van der Waals surface area contributed by atoms with Gasteiger partial charge < -0.3 is 4.42 Å². The standard InChI is InChI=1S/C30H20BrN3O4/c31-17-11-13-18(14-12-17)34-28(36)25-24-19-6-1-3-8-21(19)30(26(25)29(34)37,22-9-4-2-7-20(22)24)16-32-33-27(35)23-10-5-15-38-23/h1-16,24-26H,(H,33,35)/b32-16-/t24?,25-,26+,30?/m1/s1. The van der Waals surface area contributed by atoms with E-state index in [1.165, 1.54) is 11.2 Å². The second-order valence-electron chi connectivity index (χ2n) is 9.69. The van der Waals surface area contributed by atoms with E-state index in [4.69, 9.17) is 4.42 Å². The van der Waals surface area contributed by atoms with E-state index in [1.54, 1.807) is 30.5 Å². The topological polar surface area (TPSA) is 92.0 Å². The molecule has 7 nitrogen and oxygen atoms in total. The van der Waals surface area contributed by atoms with Crippen LogP contribution in [0, 0.1) is 11.8 Å². The zero-order chi connectivity index (χ0) is 26.0. The third-order valence-electron chi connectivity index (χ3n) is 7.95. The molecule has 1 fully saturated rings. The zero-order valence-electron chi connectivity index (χ0n) is 19.9. The second kappa shape index (κ2) is 8.36. The van der Waals surface area contributed by atoms with Crippen molar-refractivity contribution in [2.24, 2.45) is 16.9 Å². The van der Waals surface area contributed by atoms with Gasteiger partial charge in [0.05, 0.1) is 29.2 Å². The summed E-state index contributed by atoms with van der Waals surface area (Å²) in [4.78, 5) is 42.3. The lowest BCUT2D eigenvalue weighted by Gasteiger charge is -2.52. The number of amides is 3. The minimum Gasteiger partial charge on any atom is -0.459 e. The average molecular weight is 566 g/mol. The molecule has 2 atom stereocenters. The van der Waals surface area contributed by atoms with E-state index in [9.17, 15) is 14.4 Å². The Morgan fingerprint density at radius 2 is 1.55 bits per heavy atom. The summed E-state index contributed by atoms with van der Waals surface area (Å²) >= 11 is 3.43. The Bertz CT molecular complexity index is 1600. The number of hydrazone groups is 1. The van der Waals surface area contributed by atoms with Crippen molar-refractivity contribution in [3.8, 4) is 0 Å². The van der Waals surface area contributed by atoms with Gasteiger partial charge in [-0.05, 0) is 58.7 Å². The quantitative estimate of drug-likeness (QED) is 0.214. The number of rotatable bonds is 4. The Hall–Kier alpha value is -4.30. The summed E-state index contributed by atoms with van der Waals surface area (Å²) in [7, 11) is 0. The third kappa shape index (κ3) is 3.01. The van der Waals surface area contributed by atoms with Gasteiger partial charge in [-0.15, -0.1) is 0 Å². The first kappa shape index (κ1) is 22.9. The van der Waals surface area contributed by atoms with Gasteiger partial charge >= 0.3 is 5.91 Å². The van der Waals surface area contributed by atoms with Crippen LogP contribution in [0.1, 0.15) is 38.7 Å². The Morgan fingerprint density at radius 3 is 2.18 bits per heavy atom. The molecule has 0 spiro atoms. The zero-order valence-corrected chi connectivity index (χ0v) is 21.5. The van der Waals surface area contributed by atoms with E-state index in [0.717, 1.165) is 26.7 Å². The maximum absolute atomic E-state index is 14.3. The van der Waals surface area contributed by atoms with Crippen LogP contribution in [0.3, 0.4) is 0 Å². The van der Waals surface area contributed by atoms with Crippen molar-refractivity contribution in [3.05, 3.63) is 124 Å². The number of hydrogen-bond acceptors (Lipinski definition) is 5. The molecule has 186 valence electrons. The van der Waals surface area contributed by atoms with Crippen LogP contribution < -0.4 is 10.3 Å². The summed E-state index contributed by atoms with van der Waals surface area (Å²) in [5, 5.41) is 4.37. The van der Waals surface area contributed by atoms with E-state index in [1.807, 2.05) is 60.7 Å². The lowest BCUT2D eigenvalue weighted by atomic mass is 9.47. The first-order valence-corrected chi connectivity index (χ1v) is 13.0. The molecule has 1 aromatic heterocycles. The van der Waals surface area contributed by atoms with Crippen LogP contribution in [0.25, 0.3) is 0 Å². The number of imide groups is 1. The van der Waals surface area contributed by atoms with Crippen molar-refractivity contribution < 1.29 is 18.8 Å². The summed E-state index contributed by atoms with van der Waals surface area (Å²) < 4.78 is 6.04. The van der Waals surface area contributed by atoms with Gasteiger partial charge in [0.15, 0.2) is 5.76 Å². The molecule has 4 aromatic rings. The van der Waals surface area contributed by atoms with Crippen molar-refractivity contribution in [1.82, 2.24) is 5.43 Å². The van der Waals surface area contributed by atoms with Gasteiger partial charge in [-0.25, -0.2) is 10.3 Å². The van der Waals surface area contributed by atoms with Crippen LogP contribution in [0.2, 0.25) is 0 Å². The monoisotopic (exact) mass is 565 g/mol. The molecule has 0 saturated carbocycles. The van der Waals surface area contributed by atoms with Gasteiger partial charge in [-0.1, -0.05) is 64.5 Å². The van der Waals surface area contributed by atoms with E-state index >= 15 is 0 Å². The molecular formula is C30H20BrN3O4. The lowest BCUT2D eigenvalue weighted by Crippen LogP contribution is -2.54. The number of benzene rings is 3.